The van der Waals surface area contributed by atoms with Gasteiger partial charge in [0, 0.05) is 26.2 Å². The Balaban J connectivity index is 2.59. The third kappa shape index (κ3) is 4.33. The van der Waals surface area contributed by atoms with E-state index in [1.807, 2.05) is 32.8 Å². The number of likely N-dealkylation sites (tertiary alicyclic amines) is 1. The average molecular weight is 299 g/mol. The van der Waals surface area contributed by atoms with Gasteiger partial charge in [-0.1, -0.05) is 6.92 Å². The van der Waals surface area contributed by atoms with Crippen LogP contribution in [0.3, 0.4) is 0 Å². The third-order valence-electron chi connectivity index (χ3n) is 4.44. The van der Waals surface area contributed by atoms with Gasteiger partial charge in [0.2, 0.25) is 0 Å². The van der Waals surface area contributed by atoms with Crippen LogP contribution in [-0.2, 0) is 4.79 Å². The Kier molecular flexibility index (Phi) is 6.45. The van der Waals surface area contributed by atoms with Crippen LogP contribution in [0, 0.1) is 5.41 Å². The van der Waals surface area contributed by atoms with Crippen LogP contribution in [0.15, 0.2) is 0 Å². The fraction of sp³-hybridized carbons (Fsp3) is 0.867. The number of nitrogens with zero attached hydrogens (tertiary/aromatic N) is 3. The zero-order valence-electron chi connectivity index (χ0n) is 13.8. The second-order valence-electron chi connectivity index (χ2n) is 6.13. The highest BCUT2D eigenvalue weighted by atomic mass is 16.4. The maximum absolute atomic E-state index is 12.5. The highest BCUT2D eigenvalue weighted by Crippen LogP contribution is 2.34. The second-order valence-corrected chi connectivity index (χ2v) is 6.13. The number of amides is 2. The molecule has 0 bridgehead atoms. The molecule has 0 aromatic carbocycles. The third-order valence-corrected chi connectivity index (χ3v) is 4.44. The van der Waals surface area contributed by atoms with Crippen LogP contribution in [0.4, 0.5) is 4.79 Å². The van der Waals surface area contributed by atoms with Gasteiger partial charge >= 0.3 is 12.0 Å². The summed E-state index contributed by atoms with van der Waals surface area (Å²) in [4.78, 5) is 29.6. The van der Waals surface area contributed by atoms with E-state index in [-0.39, 0.29) is 6.03 Å². The van der Waals surface area contributed by atoms with Gasteiger partial charge in [0.05, 0.1) is 5.41 Å². The first-order chi connectivity index (χ1) is 9.86. The minimum atomic E-state index is -0.782. The summed E-state index contributed by atoms with van der Waals surface area (Å²) in [6, 6.07) is -0.0205. The number of urea groups is 1. The highest BCUT2D eigenvalue weighted by Gasteiger charge is 2.45. The minimum absolute atomic E-state index is 0.0205. The fourth-order valence-corrected chi connectivity index (χ4v) is 2.82. The summed E-state index contributed by atoms with van der Waals surface area (Å²) in [5, 5.41) is 9.40. The second kappa shape index (κ2) is 7.64. The van der Waals surface area contributed by atoms with Crippen molar-refractivity contribution < 1.29 is 14.7 Å². The van der Waals surface area contributed by atoms with E-state index in [2.05, 4.69) is 4.90 Å². The lowest BCUT2D eigenvalue weighted by Crippen LogP contribution is -2.44. The van der Waals surface area contributed by atoms with Crippen LogP contribution in [0.25, 0.3) is 0 Å². The zero-order valence-corrected chi connectivity index (χ0v) is 13.8. The summed E-state index contributed by atoms with van der Waals surface area (Å²) >= 11 is 0. The molecule has 1 atom stereocenters. The van der Waals surface area contributed by atoms with Crippen molar-refractivity contribution in [2.24, 2.45) is 5.41 Å². The summed E-state index contributed by atoms with van der Waals surface area (Å²) in [6.45, 7) is 7.05. The highest BCUT2D eigenvalue weighted by molar-refractivity contribution is 5.79. The molecule has 1 aliphatic rings. The molecule has 6 nitrogen and oxygen atoms in total. The molecule has 2 amide bonds. The number of carbonyl (C=O) groups excluding carboxylic acids is 1. The average Bonchev–Trinajstić information content (AvgIpc) is 2.88. The molecule has 1 heterocycles. The molecule has 1 aliphatic heterocycles. The molecule has 0 aromatic rings. The summed E-state index contributed by atoms with van der Waals surface area (Å²) in [5.74, 6) is -0.782. The monoisotopic (exact) mass is 299 g/mol. The van der Waals surface area contributed by atoms with Gasteiger partial charge in [0.15, 0.2) is 0 Å². The number of rotatable bonds is 7. The number of carboxylic acids is 1. The van der Waals surface area contributed by atoms with Gasteiger partial charge in [-0.25, -0.2) is 4.79 Å². The number of aliphatic carboxylic acids is 1. The van der Waals surface area contributed by atoms with E-state index in [1.54, 1.807) is 4.90 Å². The zero-order chi connectivity index (χ0) is 16.0. The SMILES string of the molecule is CCN(CCCN(C)C)C(=O)N1CCC(CC)(C(=O)O)C1. The van der Waals surface area contributed by atoms with Crippen LogP contribution in [0.2, 0.25) is 0 Å². The van der Waals surface area contributed by atoms with Crippen LogP contribution < -0.4 is 0 Å². The van der Waals surface area contributed by atoms with Gasteiger partial charge in [-0.05, 0) is 46.8 Å². The Morgan fingerprint density at radius 3 is 2.33 bits per heavy atom. The maximum atomic E-state index is 12.5. The number of carbonyl (C=O) groups is 2. The standard InChI is InChI=1S/C15H29N3O3/c1-5-15(13(19)20)8-11-18(12-15)14(21)17(6-2)10-7-9-16(3)4/h5-12H2,1-4H3,(H,19,20). The number of hydrogen-bond acceptors (Lipinski definition) is 3. The van der Waals surface area contributed by atoms with Crippen molar-refractivity contribution in [2.45, 2.75) is 33.1 Å². The summed E-state index contributed by atoms with van der Waals surface area (Å²) in [7, 11) is 4.03. The van der Waals surface area contributed by atoms with Crippen LogP contribution in [0.1, 0.15) is 33.1 Å². The Bertz CT molecular complexity index is 373. The normalized spacial score (nSPS) is 21.9. The van der Waals surface area contributed by atoms with E-state index in [4.69, 9.17) is 0 Å². The Hall–Kier alpha value is -1.30. The summed E-state index contributed by atoms with van der Waals surface area (Å²) < 4.78 is 0. The molecule has 1 rings (SSSR count). The van der Waals surface area contributed by atoms with Crippen molar-refractivity contribution in [3.63, 3.8) is 0 Å². The minimum Gasteiger partial charge on any atom is -0.481 e. The first-order valence-corrected chi connectivity index (χ1v) is 7.78. The maximum Gasteiger partial charge on any atom is 0.320 e. The molecule has 122 valence electrons. The molecule has 0 aliphatic carbocycles. The van der Waals surface area contributed by atoms with Crippen molar-refractivity contribution in [2.75, 3.05) is 46.8 Å². The van der Waals surface area contributed by atoms with Gasteiger partial charge in [-0.15, -0.1) is 0 Å². The van der Waals surface area contributed by atoms with E-state index < -0.39 is 11.4 Å². The first-order valence-electron chi connectivity index (χ1n) is 7.78. The van der Waals surface area contributed by atoms with Crippen molar-refractivity contribution in [3.8, 4) is 0 Å². The molecule has 1 saturated heterocycles. The van der Waals surface area contributed by atoms with Gasteiger partial charge in [0.25, 0.3) is 0 Å². The molecule has 1 N–H and O–H groups in total. The summed E-state index contributed by atoms with van der Waals surface area (Å²) in [6.07, 6.45) is 2.05. The molecule has 0 saturated carbocycles. The number of carboxylic acid groups (broad SMARTS) is 1. The molecule has 21 heavy (non-hydrogen) atoms. The van der Waals surface area contributed by atoms with Crippen LogP contribution in [-0.4, -0.2) is 78.6 Å². The smallest absolute Gasteiger partial charge is 0.320 e. The van der Waals surface area contributed by atoms with Crippen molar-refractivity contribution in [1.82, 2.24) is 14.7 Å². The predicted octanol–water partition coefficient (Wildman–Crippen LogP) is 1.57. The largest absolute Gasteiger partial charge is 0.481 e. The topological polar surface area (TPSA) is 64.1 Å². The van der Waals surface area contributed by atoms with Crippen LogP contribution >= 0.6 is 0 Å². The lowest BCUT2D eigenvalue weighted by molar-refractivity contribution is -0.148. The molecule has 0 aromatic heterocycles. The lowest BCUT2D eigenvalue weighted by Gasteiger charge is -2.29. The van der Waals surface area contributed by atoms with Crippen molar-refractivity contribution in [1.29, 1.82) is 0 Å². The molecule has 1 unspecified atom stereocenters. The van der Waals surface area contributed by atoms with Crippen molar-refractivity contribution >= 4 is 12.0 Å². The first kappa shape index (κ1) is 17.8. The Morgan fingerprint density at radius 2 is 1.90 bits per heavy atom. The van der Waals surface area contributed by atoms with Crippen LogP contribution in [0.5, 0.6) is 0 Å². The van der Waals surface area contributed by atoms with E-state index >= 15 is 0 Å². The molecule has 0 radical (unpaired) electrons. The van der Waals surface area contributed by atoms with Gasteiger partial charge < -0.3 is 19.8 Å². The van der Waals surface area contributed by atoms with Gasteiger partial charge in [-0.3, -0.25) is 4.79 Å². The molecule has 1 fully saturated rings. The quantitative estimate of drug-likeness (QED) is 0.775. The molecule has 0 spiro atoms. The molecular weight excluding hydrogens is 270 g/mol. The van der Waals surface area contributed by atoms with Crippen molar-refractivity contribution in [3.05, 3.63) is 0 Å². The van der Waals surface area contributed by atoms with E-state index in [9.17, 15) is 14.7 Å². The summed E-state index contributed by atoms with van der Waals surface area (Å²) in [5.41, 5.74) is -0.751. The Morgan fingerprint density at radius 1 is 1.24 bits per heavy atom. The van der Waals surface area contributed by atoms with Gasteiger partial charge in [-0.2, -0.15) is 0 Å². The van der Waals surface area contributed by atoms with Gasteiger partial charge in [0.1, 0.15) is 0 Å². The lowest BCUT2D eigenvalue weighted by atomic mass is 9.84. The predicted molar refractivity (Wildman–Crippen MR) is 82.4 cm³/mol. The van der Waals surface area contributed by atoms with E-state index in [0.717, 1.165) is 19.5 Å². The Labute approximate surface area is 127 Å². The fourth-order valence-electron chi connectivity index (χ4n) is 2.82. The number of hydrogen-bond donors (Lipinski definition) is 1. The molecule has 6 heteroatoms. The molecular formula is C15H29N3O3. The van der Waals surface area contributed by atoms with E-state index in [0.29, 0.717) is 32.5 Å². The van der Waals surface area contributed by atoms with E-state index in [1.165, 1.54) is 0 Å².